The van der Waals surface area contributed by atoms with E-state index in [4.69, 9.17) is 22.1 Å². The summed E-state index contributed by atoms with van der Waals surface area (Å²) < 4.78 is 33.1. The molecule has 1 unspecified atom stereocenters. The molecule has 0 spiro atoms. The van der Waals surface area contributed by atoms with Gasteiger partial charge in [0.1, 0.15) is 29.8 Å². The van der Waals surface area contributed by atoms with Crippen molar-refractivity contribution in [1.29, 1.82) is 5.26 Å². The second-order valence-electron chi connectivity index (χ2n) is 9.79. The summed E-state index contributed by atoms with van der Waals surface area (Å²) in [6, 6.07) is 16.0. The lowest BCUT2D eigenvalue weighted by atomic mass is 9.73. The van der Waals surface area contributed by atoms with Crippen molar-refractivity contribution in [3.05, 3.63) is 116 Å². The molecule has 0 amide bonds. The minimum Gasteiger partial charge on any atom is -0.487 e. The normalized spacial score (nSPS) is 17.3. The number of allylic oxidation sites excluding steroid dienone is 3. The highest BCUT2D eigenvalue weighted by Crippen LogP contribution is 2.47. The molecule has 39 heavy (non-hydrogen) atoms. The van der Waals surface area contributed by atoms with Gasteiger partial charge in [-0.1, -0.05) is 29.3 Å². The van der Waals surface area contributed by atoms with Gasteiger partial charge in [0.2, 0.25) is 0 Å². The maximum Gasteiger partial charge on any atom is 0.161 e. The summed E-state index contributed by atoms with van der Waals surface area (Å²) in [5.74, 6) is -0.963. The SMILES string of the molecule is Cc1cc(COc2ccc(F)cc2Cl)c(C)c(C2C(C#N)=C(N)N(c3ccc(F)cc3)C3=C2C(=O)CCC3)c1. The lowest BCUT2D eigenvalue weighted by molar-refractivity contribution is -0.116. The van der Waals surface area contributed by atoms with Crippen molar-refractivity contribution >= 4 is 23.1 Å². The van der Waals surface area contributed by atoms with Gasteiger partial charge in [-0.2, -0.15) is 5.26 Å². The predicted octanol–water partition coefficient (Wildman–Crippen LogP) is 7.12. The number of carbonyl (C=O) groups is 1. The van der Waals surface area contributed by atoms with Gasteiger partial charge < -0.3 is 10.5 Å². The Labute approximate surface area is 230 Å². The summed E-state index contributed by atoms with van der Waals surface area (Å²) in [5, 5.41) is 10.5. The fraction of sp³-hybridized carbons (Fsp3) is 0.226. The van der Waals surface area contributed by atoms with Gasteiger partial charge in [0.05, 0.1) is 22.6 Å². The molecule has 0 saturated carbocycles. The maximum absolute atomic E-state index is 13.7. The van der Waals surface area contributed by atoms with Gasteiger partial charge in [0.25, 0.3) is 0 Å². The van der Waals surface area contributed by atoms with Crippen molar-refractivity contribution in [3.63, 3.8) is 0 Å². The summed E-state index contributed by atoms with van der Waals surface area (Å²) in [6.45, 7) is 4.01. The number of Topliss-reactive ketones (excluding diaryl/α,β-unsaturated/α-hetero) is 1. The first-order valence-corrected chi connectivity index (χ1v) is 13.0. The van der Waals surface area contributed by atoms with Crippen LogP contribution in [0.2, 0.25) is 5.02 Å². The zero-order valence-corrected chi connectivity index (χ0v) is 22.3. The Hall–Kier alpha value is -4.15. The molecule has 5 rings (SSSR count). The van der Waals surface area contributed by atoms with E-state index in [2.05, 4.69) is 6.07 Å². The molecule has 2 aliphatic rings. The number of aryl methyl sites for hydroxylation is 1. The van der Waals surface area contributed by atoms with E-state index in [0.717, 1.165) is 28.0 Å². The average molecular weight is 546 g/mol. The molecule has 8 heteroatoms. The Morgan fingerprint density at radius 3 is 2.49 bits per heavy atom. The lowest BCUT2D eigenvalue weighted by Crippen LogP contribution is -2.39. The van der Waals surface area contributed by atoms with Crippen molar-refractivity contribution in [2.75, 3.05) is 4.90 Å². The largest absolute Gasteiger partial charge is 0.487 e. The first kappa shape index (κ1) is 26.5. The number of nitrogens with two attached hydrogens (primary N) is 1. The number of halogens is 3. The first-order valence-electron chi connectivity index (χ1n) is 12.6. The van der Waals surface area contributed by atoms with E-state index in [9.17, 15) is 18.8 Å². The number of hydrogen-bond acceptors (Lipinski definition) is 5. The van der Waals surface area contributed by atoms with E-state index >= 15 is 0 Å². The number of nitriles is 1. The van der Waals surface area contributed by atoms with Crippen molar-refractivity contribution in [1.82, 2.24) is 0 Å². The quantitative estimate of drug-likeness (QED) is 0.369. The summed E-state index contributed by atoms with van der Waals surface area (Å²) in [7, 11) is 0. The van der Waals surface area contributed by atoms with E-state index in [1.54, 1.807) is 17.0 Å². The fourth-order valence-electron chi connectivity index (χ4n) is 5.44. The maximum atomic E-state index is 13.7. The second-order valence-corrected chi connectivity index (χ2v) is 10.2. The third-order valence-electron chi connectivity index (χ3n) is 7.29. The van der Waals surface area contributed by atoms with Crippen LogP contribution in [0.5, 0.6) is 5.75 Å². The number of ketones is 1. The number of anilines is 1. The number of carbonyl (C=O) groups excluding carboxylic acids is 1. The molecule has 0 fully saturated rings. The molecule has 0 saturated heterocycles. The van der Waals surface area contributed by atoms with Gasteiger partial charge in [0, 0.05) is 23.4 Å². The molecular weight excluding hydrogens is 520 g/mol. The third-order valence-corrected chi connectivity index (χ3v) is 7.58. The third kappa shape index (κ3) is 4.88. The summed E-state index contributed by atoms with van der Waals surface area (Å²) in [5.41, 5.74) is 12.2. The predicted molar refractivity (Wildman–Crippen MR) is 146 cm³/mol. The standard InChI is InChI=1S/C31H26ClF2N3O2/c1-17-12-19(16-39-28-11-8-21(34)14-25(28)32)18(2)23(13-17)29-24(15-35)31(36)37(22-9-6-20(33)7-10-22)26-4-3-5-27(38)30(26)29/h6-14,29H,3-5,16,36H2,1-2H3. The summed E-state index contributed by atoms with van der Waals surface area (Å²) in [4.78, 5) is 15.2. The number of hydrogen-bond donors (Lipinski definition) is 1. The van der Waals surface area contributed by atoms with E-state index in [-0.39, 0.29) is 28.8 Å². The molecule has 5 nitrogen and oxygen atoms in total. The Kier molecular flexibility index (Phi) is 7.16. The Balaban J connectivity index is 1.62. The van der Waals surface area contributed by atoms with Gasteiger partial charge in [-0.3, -0.25) is 9.69 Å². The Morgan fingerprint density at radius 2 is 1.79 bits per heavy atom. The smallest absolute Gasteiger partial charge is 0.161 e. The second kappa shape index (κ2) is 10.5. The van der Waals surface area contributed by atoms with Crippen LogP contribution in [0.25, 0.3) is 0 Å². The lowest BCUT2D eigenvalue weighted by Gasteiger charge is -2.40. The van der Waals surface area contributed by atoms with Crippen LogP contribution in [-0.4, -0.2) is 5.78 Å². The molecule has 0 bridgehead atoms. The molecule has 1 aliphatic carbocycles. The highest BCUT2D eigenvalue weighted by molar-refractivity contribution is 6.32. The molecule has 2 N–H and O–H groups in total. The van der Waals surface area contributed by atoms with Crippen LogP contribution >= 0.6 is 11.6 Å². The summed E-state index contributed by atoms with van der Waals surface area (Å²) >= 11 is 6.15. The highest BCUT2D eigenvalue weighted by atomic mass is 35.5. The van der Waals surface area contributed by atoms with Gasteiger partial charge in [0.15, 0.2) is 5.78 Å². The molecule has 1 heterocycles. The molecule has 0 radical (unpaired) electrons. The number of ether oxygens (including phenoxy) is 1. The van der Waals surface area contributed by atoms with E-state index in [1.165, 1.54) is 30.3 Å². The topological polar surface area (TPSA) is 79.3 Å². The van der Waals surface area contributed by atoms with Gasteiger partial charge in [-0.05, 0) is 85.8 Å². The Bertz CT molecular complexity index is 1590. The van der Waals surface area contributed by atoms with Crippen molar-refractivity contribution in [2.45, 2.75) is 45.6 Å². The number of rotatable bonds is 5. The van der Waals surface area contributed by atoms with Crippen LogP contribution in [-0.2, 0) is 11.4 Å². The zero-order chi connectivity index (χ0) is 27.8. The van der Waals surface area contributed by atoms with Crippen LogP contribution in [0, 0.1) is 36.8 Å². The van der Waals surface area contributed by atoms with Crippen LogP contribution < -0.4 is 15.4 Å². The molecule has 3 aromatic carbocycles. The van der Waals surface area contributed by atoms with Crippen LogP contribution in [0.1, 0.15) is 47.4 Å². The molecule has 198 valence electrons. The van der Waals surface area contributed by atoms with Crippen molar-refractivity contribution < 1.29 is 18.3 Å². The monoisotopic (exact) mass is 545 g/mol. The molecule has 0 aromatic heterocycles. The number of benzene rings is 3. The average Bonchev–Trinajstić information content (AvgIpc) is 2.90. The van der Waals surface area contributed by atoms with Crippen LogP contribution in [0.15, 0.2) is 77.3 Å². The molecule has 1 atom stereocenters. The van der Waals surface area contributed by atoms with E-state index in [0.29, 0.717) is 36.3 Å². The van der Waals surface area contributed by atoms with Crippen LogP contribution in [0.3, 0.4) is 0 Å². The van der Waals surface area contributed by atoms with Gasteiger partial charge >= 0.3 is 0 Å². The Morgan fingerprint density at radius 1 is 1.08 bits per heavy atom. The highest BCUT2D eigenvalue weighted by Gasteiger charge is 2.41. The first-order chi connectivity index (χ1) is 18.7. The minimum atomic E-state index is -0.650. The van der Waals surface area contributed by atoms with Crippen LogP contribution in [0.4, 0.5) is 14.5 Å². The molecule has 3 aromatic rings. The minimum absolute atomic E-state index is 0.0367. The zero-order valence-electron chi connectivity index (χ0n) is 21.5. The van der Waals surface area contributed by atoms with Crippen molar-refractivity contribution in [3.8, 4) is 11.8 Å². The van der Waals surface area contributed by atoms with Crippen molar-refractivity contribution in [2.24, 2.45) is 5.73 Å². The van der Waals surface area contributed by atoms with E-state index in [1.807, 2.05) is 26.0 Å². The molecule has 1 aliphatic heterocycles. The van der Waals surface area contributed by atoms with Gasteiger partial charge in [-0.15, -0.1) is 0 Å². The van der Waals surface area contributed by atoms with Gasteiger partial charge in [-0.25, -0.2) is 8.78 Å². The molecular formula is C31H26ClF2N3O2. The summed E-state index contributed by atoms with van der Waals surface area (Å²) in [6.07, 6.45) is 1.62. The van der Waals surface area contributed by atoms with E-state index < -0.39 is 17.6 Å². The number of nitrogens with zero attached hydrogens (tertiary/aromatic N) is 2. The fourth-order valence-corrected chi connectivity index (χ4v) is 5.67.